The zero-order chi connectivity index (χ0) is 22.9. The summed E-state index contributed by atoms with van der Waals surface area (Å²) in [5, 5.41) is 14.1. The second kappa shape index (κ2) is 8.80. The SMILES string of the molecule is CC[C@]1(C(O)CCC(F)(F)F)CS(=O)(=O)c2cc(OC)ccc2[C@@H](c2ccccc2)N1. The number of methoxy groups -OCH3 is 1. The molecule has 0 saturated carbocycles. The predicted octanol–water partition coefficient (Wildman–Crippen LogP) is 4.01. The lowest BCUT2D eigenvalue weighted by Gasteiger charge is -2.39. The Morgan fingerprint density at radius 2 is 1.90 bits per heavy atom. The van der Waals surface area contributed by atoms with E-state index in [0.29, 0.717) is 11.3 Å². The number of benzene rings is 2. The van der Waals surface area contributed by atoms with E-state index in [0.717, 1.165) is 5.56 Å². The van der Waals surface area contributed by atoms with E-state index in [2.05, 4.69) is 5.32 Å². The van der Waals surface area contributed by atoms with Crippen LogP contribution < -0.4 is 10.1 Å². The number of aliphatic hydroxyl groups excluding tert-OH is 1. The average Bonchev–Trinajstić information content (AvgIpc) is 2.84. The normalized spacial score (nSPS) is 24.1. The molecule has 0 aliphatic carbocycles. The molecule has 170 valence electrons. The molecule has 31 heavy (non-hydrogen) atoms. The molecular weight excluding hydrogens is 431 g/mol. The maximum Gasteiger partial charge on any atom is 0.389 e. The van der Waals surface area contributed by atoms with Gasteiger partial charge in [-0.05, 0) is 36.1 Å². The van der Waals surface area contributed by atoms with Crippen molar-refractivity contribution in [2.45, 2.75) is 54.9 Å². The topological polar surface area (TPSA) is 75.6 Å². The number of aliphatic hydroxyl groups is 1. The van der Waals surface area contributed by atoms with Gasteiger partial charge < -0.3 is 9.84 Å². The number of alkyl halides is 3. The standard InChI is InChI=1S/C22H26F3NO4S/c1-3-21(19(27)11-12-22(23,24)25)14-31(28,29)18-13-16(30-2)9-10-17(18)20(26-21)15-7-5-4-6-8-15/h4-10,13,19-20,26-27H,3,11-12,14H2,1-2H3/t19?,20-,21-/m1/s1. The lowest BCUT2D eigenvalue weighted by atomic mass is 9.85. The predicted molar refractivity (Wildman–Crippen MR) is 111 cm³/mol. The number of fused-ring (bicyclic) bond motifs is 1. The smallest absolute Gasteiger partial charge is 0.389 e. The van der Waals surface area contributed by atoms with Crippen molar-refractivity contribution in [1.29, 1.82) is 0 Å². The molecule has 3 rings (SSSR count). The monoisotopic (exact) mass is 457 g/mol. The van der Waals surface area contributed by atoms with Crippen LogP contribution in [0, 0.1) is 0 Å². The van der Waals surface area contributed by atoms with Crippen molar-refractivity contribution in [3.05, 3.63) is 59.7 Å². The molecule has 1 aliphatic heterocycles. The van der Waals surface area contributed by atoms with E-state index in [1.165, 1.54) is 13.2 Å². The summed E-state index contributed by atoms with van der Waals surface area (Å²) >= 11 is 0. The molecule has 2 N–H and O–H groups in total. The fraction of sp³-hybridized carbons (Fsp3) is 0.455. The first-order valence-corrected chi connectivity index (χ1v) is 11.6. The molecular formula is C22H26F3NO4S. The third-order valence-electron chi connectivity index (χ3n) is 5.85. The van der Waals surface area contributed by atoms with E-state index in [-0.39, 0.29) is 11.3 Å². The van der Waals surface area contributed by atoms with Gasteiger partial charge in [0, 0.05) is 6.42 Å². The largest absolute Gasteiger partial charge is 0.497 e. The van der Waals surface area contributed by atoms with Gasteiger partial charge in [-0.15, -0.1) is 0 Å². The highest BCUT2D eigenvalue weighted by molar-refractivity contribution is 7.91. The molecule has 0 saturated heterocycles. The minimum atomic E-state index is -4.45. The number of sulfone groups is 1. The van der Waals surface area contributed by atoms with Crippen LogP contribution in [0.15, 0.2) is 53.4 Å². The molecule has 0 fully saturated rings. The average molecular weight is 458 g/mol. The van der Waals surface area contributed by atoms with Gasteiger partial charge in [0.15, 0.2) is 9.84 Å². The highest BCUT2D eigenvalue weighted by Gasteiger charge is 2.47. The molecule has 0 bridgehead atoms. The molecule has 0 aromatic heterocycles. The molecule has 1 heterocycles. The van der Waals surface area contributed by atoms with Crippen molar-refractivity contribution >= 4 is 9.84 Å². The summed E-state index contributed by atoms with van der Waals surface area (Å²) in [5.74, 6) is -0.172. The molecule has 0 amide bonds. The molecule has 1 unspecified atom stereocenters. The van der Waals surface area contributed by atoms with Crippen LogP contribution in [0.25, 0.3) is 0 Å². The van der Waals surface area contributed by atoms with Gasteiger partial charge >= 0.3 is 6.18 Å². The molecule has 2 aromatic carbocycles. The summed E-state index contributed by atoms with van der Waals surface area (Å²) in [7, 11) is -2.53. The molecule has 9 heteroatoms. The van der Waals surface area contributed by atoms with E-state index >= 15 is 0 Å². The van der Waals surface area contributed by atoms with Crippen LogP contribution >= 0.6 is 0 Å². The Hall–Kier alpha value is -2.10. The van der Waals surface area contributed by atoms with Gasteiger partial charge in [-0.3, -0.25) is 5.32 Å². The van der Waals surface area contributed by atoms with E-state index in [1.54, 1.807) is 31.2 Å². The Morgan fingerprint density at radius 3 is 2.48 bits per heavy atom. The maximum atomic E-state index is 13.4. The van der Waals surface area contributed by atoms with E-state index in [4.69, 9.17) is 4.74 Å². The zero-order valence-electron chi connectivity index (χ0n) is 17.3. The van der Waals surface area contributed by atoms with Crippen molar-refractivity contribution in [2.24, 2.45) is 0 Å². The van der Waals surface area contributed by atoms with Crippen molar-refractivity contribution in [2.75, 3.05) is 12.9 Å². The Labute approximate surface area is 180 Å². The Bertz CT molecular complexity index is 1010. The van der Waals surface area contributed by atoms with Gasteiger partial charge in [0.1, 0.15) is 5.75 Å². The third kappa shape index (κ3) is 5.05. The van der Waals surface area contributed by atoms with Crippen molar-refractivity contribution in [3.63, 3.8) is 0 Å². The van der Waals surface area contributed by atoms with Gasteiger partial charge in [-0.1, -0.05) is 43.3 Å². The molecule has 1 aliphatic rings. The first-order valence-electron chi connectivity index (χ1n) is 9.99. The number of rotatable bonds is 6. The Kier molecular flexibility index (Phi) is 6.69. The van der Waals surface area contributed by atoms with Gasteiger partial charge in [0.05, 0.1) is 35.4 Å². The highest BCUT2D eigenvalue weighted by Crippen LogP contribution is 2.40. The van der Waals surface area contributed by atoms with Gasteiger partial charge in [0.25, 0.3) is 0 Å². The van der Waals surface area contributed by atoms with Crippen LogP contribution in [0.1, 0.15) is 43.4 Å². The molecule has 2 aromatic rings. The quantitative estimate of drug-likeness (QED) is 0.686. The fourth-order valence-electron chi connectivity index (χ4n) is 4.09. The van der Waals surface area contributed by atoms with Gasteiger partial charge in [0.2, 0.25) is 0 Å². The van der Waals surface area contributed by atoms with Crippen LogP contribution in [-0.2, 0) is 9.84 Å². The fourth-order valence-corrected chi connectivity index (χ4v) is 6.24. The van der Waals surface area contributed by atoms with Crippen LogP contribution in [0.3, 0.4) is 0 Å². The molecule has 0 radical (unpaired) electrons. The lowest BCUT2D eigenvalue weighted by molar-refractivity contribution is -0.142. The minimum absolute atomic E-state index is 0.0477. The molecule has 3 atom stereocenters. The maximum absolute atomic E-state index is 13.4. The Balaban J connectivity index is 2.15. The highest BCUT2D eigenvalue weighted by atomic mass is 32.2. The molecule has 0 spiro atoms. The Morgan fingerprint density at radius 1 is 1.23 bits per heavy atom. The van der Waals surface area contributed by atoms with Crippen LogP contribution in [-0.4, -0.2) is 44.2 Å². The summed E-state index contributed by atoms with van der Waals surface area (Å²) in [6.45, 7) is 1.66. The van der Waals surface area contributed by atoms with Crippen molar-refractivity contribution in [3.8, 4) is 5.75 Å². The number of halogens is 3. The number of hydrogen-bond acceptors (Lipinski definition) is 5. The summed E-state index contributed by atoms with van der Waals surface area (Å²) in [5.41, 5.74) is -0.256. The van der Waals surface area contributed by atoms with Gasteiger partial charge in [-0.2, -0.15) is 13.2 Å². The summed E-state index contributed by atoms with van der Waals surface area (Å²) in [4.78, 5) is 0.0477. The lowest BCUT2D eigenvalue weighted by Crippen LogP contribution is -2.58. The summed E-state index contributed by atoms with van der Waals surface area (Å²) < 4.78 is 70.4. The van der Waals surface area contributed by atoms with Crippen LogP contribution in [0.2, 0.25) is 0 Å². The number of nitrogens with one attached hydrogen (secondary N) is 1. The van der Waals surface area contributed by atoms with Gasteiger partial charge in [-0.25, -0.2) is 8.42 Å². The third-order valence-corrected chi connectivity index (χ3v) is 7.77. The van der Waals surface area contributed by atoms with Crippen LogP contribution in [0.4, 0.5) is 13.2 Å². The number of hydrogen-bond donors (Lipinski definition) is 2. The summed E-state index contributed by atoms with van der Waals surface area (Å²) in [6.07, 6.45) is -7.64. The van der Waals surface area contributed by atoms with Crippen molar-refractivity contribution in [1.82, 2.24) is 5.32 Å². The summed E-state index contributed by atoms with van der Waals surface area (Å²) in [6, 6.07) is 13.1. The van der Waals surface area contributed by atoms with E-state index in [1.807, 2.05) is 18.2 Å². The van der Waals surface area contributed by atoms with E-state index in [9.17, 15) is 26.7 Å². The second-order valence-electron chi connectivity index (χ2n) is 7.83. The van der Waals surface area contributed by atoms with Crippen molar-refractivity contribution < 1.29 is 31.4 Å². The first-order chi connectivity index (χ1) is 14.5. The molecule has 5 nitrogen and oxygen atoms in total. The minimum Gasteiger partial charge on any atom is -0.497 e. The number of ether oxygens (including phenoxy) is 1. The second-order valence-corrected chi connectivity index (χ2v) is 9.79. The zero-order valence-corrected chi connectivity index (χ0v) is 18.1. The van der Waals surface area contributed by atoms with E-state index < -0.39 is 52.3 Å². The first kappa shape index (κ1) is 23.6. The van der Waals surface area contributed by atoms with Crippen LogP contribution in [0.5, 0.6) is 5.75 Å².